The molecule has 12 aromatic rings. The molecule has 2 nitrogen and oxygen atoms in total. The van der Waals surface area contributed by atoms with Gasteiger partial charge in [-0.05, 0) is 113 Å². The number of nitrogens with zero attached hydrogens (tertiary/aromatic N) is 1. The molecular weight excluding hydrogens is 787 g/mol. The molecule has 0 N–H and O–H groups in total. The molecule has 1 spiro atoms. The monoisotopic (exact) mass is 825 g/mol. The average molecular weight is 826 g/mol. The van der Waals surface area contributed by atoms with Crippen LogP contribution in [0.2, 0.25) is 0 Å². The molecular formula is C63H39NO. The van der Waals surface area contributed by atoms with Crippen molar-refractivity contribution in [2.24, 2.45) is 0 Å². The summed E-state index contributed by atoms with van der Waals surface area (Å²) >= 11 is 0. The molecule has 11 aromatic carbocycles. The first-order valence-corrected chi connectivity index (χ1v) is 22.5. The van der Waals surface area contributed by atoms with E-state index in [0.29, 0.717) is 0 Å². The van der Waals surface area contributed by atoms with Crippen molar-refractivity contribution >= 4 is 60.5 Å². The fraction of sp³-hybridized carbons (Fsp3) is 0.0159. The summed E-state index contributed by atoms with van der Waals surface area (Å²) in [5.41, 5.74) is 19.7. The maximum Gasteiger partial charge on any atom is 0.159 e. The molecule has 0 saturated carbocycles. The first kappa shape index (κ1) is 36.1. The van der Waals surface area contributed by atoms with Crippen LogP contribution >= 0.6 is 0 Å². The van der Waals surface area contributed by atoms with Crippen molar-refractivity contribution in [1.82, 2.24) is 0 Å². The van der Waals surface area contributed by atoms with Gasteiger partial charge in [-0.25, -0.2) is 0 Å². The van der Waals surface area contributed by atoms with Gasteiger partial charge < -0.3 is 9.32 Å². The molecule has 0 atom stereocenters. The van der Waals surface area contributed by atoms with Crippen molar-refractivity contribution in [2.45, 2.75) is 5.41 Å². The van der Waals surface area contributed by atoms with E-state index in [-0.39, 0.29) is 0 Å². The Morgan fingerprint density at radius 3 is 1.55 bits per heavy atom. The van der Waals surface area contributed by atoms with E-state index in [2.05, 4.69) is 241 Å². The predicted molar refractivity (Wildman–Crippen MR) is 271 cm³/mol. The van der Waals surface area contributed by atoms with Crippen LogP contribution in [0.4, 0.5) is 17.1 Å². The molecule has 0 fully saturated rings. The highest BCUT2D eigenvalue weighted by molar-refractivity contribution is 6.12. The minimum absolute atomic E-state index is 0.463. The van der Waals surface area contributed by atoms with Crippen LogP contribution in [0.1, 0.15) is 22.3 Å². The lowest BCUT2D eigenvalue weighted by Gasteiger charge is -2.31. The van der Waals surface area contributed by atoms with Gasteiger partial charge in [-0.15, -0.1) is 0 Å². The third-order valence-corrected chi connectivity index (χ3v) is 14.3. The SMILES string of the molecule is c1ccc2c(c1)-c1ccccc1C21c2ccccc2-c2c(N(c3ccc(-c4cccc5c(-c6cccc7ccccc67)cccc45)cc3)c3cccc4c3oc3ccccc34)cccc21. The maximum absolute atomic E-state index is 6.86. The van der Waals surface area contributed by atoms with E-state index in [4.69, 9.17) is 4.42 Å². The smallest absolute Gasteiger partial charge is 0.159 e. The van der Waals surface area contributed by atoms with Gasteiger partial charge in [0.2, 0.25) is 0 Å². The molecule has 0 aliphatic heterocycles. The first-order valence-electron chi connectivity index (χ1n) is 22.5. The average Bonchev–Trinajstić information content (AvgIpc) is 4.01. The van der Waals surface area contributed by atoms with Crippen molar-refractivity contribution in [3.63, 3.8) is 0 Å². The van der Waals surface area contributed by atoms with Gasteiger partial charge in [0.25, 0.3) is 0 Å². The molecule has 14 rings (SSSR count). The highest BCUT2D eigenvalue weighted by Crippen LogP contribution is 2.65. The van der Waals surface area contributed by atoms with Crippen LogP contribution < -0.4 is 4.90 Å². The molecule has 1 aromatic heterocycles. The van der Waals surface area contributed by atoms with Crippen molar-refractivity contribution < 1.29 is 4.42 Å². The molecule has 0 bridgehead atoms. The highest BCUT2D eigenvalue weighted by Gasteiger charge is 2.52. The Kier molecular flexibility index (Phi) is 7.64. The molecule has 0 unspecified atom stereocenters. The van der Waals surface area contributed by atoms with Crippen molar-refractivity contribution in [2.75, 3.05) is 4.90 Å². The molecule has 0 saturated heterocycles. The summed E-state index contributed by atoms with van der Waals surface area (Å²) in [7, 11) is 0. The van der Waals surface area contributed by atoms with Gasteiger partial charge in [0.1, 0.15) is 5.58 Å². The minimum atomic E-state index is -0.463. The minimum Gasteiger partial charge on any atom is -0.454 e. The van der Waals surface area contributed by atoms with Crippen molar-refractivity contribution in [3.8, 4) is 44.5 Å². The number of fused-ring (bicyclic) bond motifs is 15. The molecule has 2 aliphatic carbocycles. The first-order chi connectivity index (χ1) is 32.3. The van der Waals surface area contributed by atoms with Gasteiger partial charge >= 0.3 is 0 Å². The van der Waals surface area contributed by atoms with Crippen LogP contribution in [0, 0.1) is 0 Å². The van der Waals surface area contributed by atoms with E-state index < -0.39 is 5.41 Å². The summed E-state index contributed by atoms with van der Waals surface area (Å²) in [5, 5.41) is 7.19. The largest absolute Gasteiger partial charge is 0.454 e. The summed E-state index contributed by atoms with van der Waals surface area (Å²) in [4.78, 5) is 2.44. The maximum atomic E-state index is 6.86. The quantitative estimate of drug-likeness (QED) is 0.172. The van der Waals surface area contributed by atoms with Crippen LogP contribution in [-0.2, 0) is 5.41 Å². The van der Waals surface area contributed by atoms with Crippen LogP contribution in [0.5, 0.6) is 0 Å². The third kappa shape index (κ3) is 4.99. The van der Waals surface area contributed by atoms with Crippen LogP contribution in [-0.4, -0.2) is 0 Å². The highest BCUT2D eigenvalue weighted by atomic mass is 16.3. The number of furan rings is 1. The zero-order valence-electron chi connectivity index (χ0n) is 35.4. The summed E-state index contributed by atoms with van der Waals surface area (Å²) in [6.45, 7) is 0. The zero-order valence-corrected chi connectivity index (χ0v) is 35.4. The summed E-state index contributed by atoms with van der Waals surface area (Å²) in [6.07, 6.45) is 0. The Balaban J connectivity index is 0.991. The lowest BCUT2D eigenvalue weighted by Crippen LogP contribution is -2.26. The standard InChI is InChI=1S/C63H39NO/c1-2-18-43-40(16-1)17-11-24-45(43)48-27-13-25-46-44(23-12-26-47(46)48)41-36-38-42(39-37-41)64(59-34-14-28-52-51-21-6-10-35-60(51)65-62(52)59)58-33-15-32-57-61(58)53-22-5-9-31-56(53)63(57)54-29-7-3-19-49(54)50-20-4-8-30-55(50)63/h1-39H. The molecule has 0 amide bonds. The normalized spacial score (nSPS) is 13.0. The Morgan fingerprint density at radius 1 is 0.308 bits per heavy atom. The van der Waals surface area contributed by atoms with Gasteiger partial charge in [-0.2, -0.15) is 0 Å². The summed E-state index contributed by atoms with van der Waals surface area (Å²) in [6, 6.07) is 86.9. The molecule has 2 aliphatic rings. The van der Waals surface area contributed by atoms with Gasteiger partial charge in [0.15, 0.2) is 5.58 Å². The molecule has 2 heteroatoms. The van der Waals surface area contributed by atoms with E-state index >= 15 is 0 Å². The van der Waals surface area contributed by atoms with E-state index in [1.165, 1.54) is 82.7 Å². The third-order valence-electron chi connectivity index (χ3n) is 14.3. The van der Waals surface area contributed by atoms with E-state index in [1.54, 1.807) is 0 Å². The number of hydrogen-bond donors (Lipinski definition) is 0. The fourth-order valence-electron chi connectivity index (χ4n) is 11.7. The number of para-hydroxylation sites is 2. The lowest BCUT2D eigenvalue weighted by atomic mass is 9.70. The summed E-state index contributed by atoms with van der Waals surface area (Å²) < 4.78 is 6.86. The number of rotatable bonds is 5. The second-order valence-corrected chi connectivity index (χ2v) is 17.5. The Hall–Kier alpha value is -8.46. The van der Waals surface area contributed by atoms with Crippen LogP contribution in [0.15, 0.2) is 241 Å². The Morgan fingerprint density at radius 2 is 0.785 bits per heavy atom. The van der Waals surface area contributed by atoms with Gasteiger partial charge in [-0.1, -0.05) is 206 Å². The topological polar surface area (TPSA) is 16.4 Å². The molecule has 302 valence electrons. The van der Waals surface area contributed by atoms with Crippen LogP contribution in [0.3, 0.4) is 0 Å². The Labute approximate surface area is 376 Å². The molecule has 1 heterocycles. The van der Waals surface area contributed by atoms with Crippen LogP contribution in [0.25, 0.3) is 88.0 Å². The van der Waals surface area contributed by atoms with Gasteiger partial charge in [0.05, 0.1) is 16.8 Å². The fourth-order valence-corrected chi connectivity index (χ4v) is 11.7. The number of anilines is 3. The Bertz CT molecular complexity index is 3860. The second-order valence-electron chi connectivity index (χ2n) is 17.5. The lowest BCUT2D eigenvalue weighted by molar-refractivity contribution is 0.669. The molecule has 65 heavy (non-hydrogen) atoms. The van der Waals surface area contributed by atoms with Crippen molar-refractivity contribution in [3.05, 3.63) is 259 Å². The predicted octanol–water partition coefficient (Wildman–Crippen LogP) is 17.0. The van der Waals surface area contributed by atoms with Gasteiger partial charge in [0, 0.05) is 22.0 Å². The second kappa shape index (κ2) is 13.8. The molecule has 0 radical (unpaired) electrons. The van der Waals surface area contributed by atoms with E-state index in [1.807, 2.05) is 0 Å². The van der Waals surface area contributed by atoms with E-state index in [9.17, 15) is 0 Å². The zero-order chi connectivity index (χ0) is 42.6. The van der Waals surface area contributed by atoms with Crippen molar-refractivity contribution in [1.29, 1.82) is 0 Å². The summed E-state index contributed by atoms with van der Waals surface area (Å²) in [5.74, 6) is 0. The van der Waals surface area contributed by atoms with Gasteiger partial charge in [-0.3, -0.25) is 0 Å². The number of hydrogen-bond acceptors (Lipinski definition) is 2. The number of benzene rings is 11. The van der Waals surface area contributed by atoms with E-state index in [0.717, 1.165) is 44.6 Å².